The van der Waals surface area contributed by atoms with Gasteiger partial charge in [0.25, 0.3) is 0 Å². The summed E-state index contributed by atoms with van der Waals surface area (Å²) in [4.78, 5) is 1.74. The van der Waals surface area contributed by atoms with E-state index in [1.165, 1.54) is 12.1 Å². The zero-order valence-electron chi connectivity index (χ0n) is 13.3. The second kappa shape index (κ2) is 7.85. The van der Waals surface area contributed by atoms with Crippen LogP contribution in [0.2, 0.25) is 0 Å². The predicted octanol–water partition coefficient (Wildman–Crippen LogP) is 4.92. The summed E-state index contributed by atoms with van der Waals surface area (Å²) in [5.74, 6) is 5.95. The first-order valence-electron chi connectivity index (χ1n) is 7.47. The topological polar surface area (TPSA) is 3.24 Å². The molecule has 0 heterocycles. The second-order valence-corrected chi connectivity index (χ2v) is 5.35. The van der Waals surface area contributed by atoms with Gasteiger partial charge in [0.1, 0.15) is 0 Å². The average molecular weight is 329 g/mol. The Morgan fingerprint density at radius 3 is 2.33 bits per heavy atom. The number of benzene rings is 2. The summed E-state index contributed by atoms with van der Waals surface area (Å²) >= 11 is 0. The molecule has 2 aromatic rings. The van der Waals surface area contributed by atoms with E-state index in [0.717, 1.165) is 11.6 Å². The first kappa shape index (κ1) is 17.8. The molecule has 0 aliphatic rings. The number of halogens is 3. The van der Waals surface area contributed by atoms with E-state index in [-0.39, 0.29) is 5.56 Å². The number of nitrogens with zero attached hydrogens (tertiary/aromatic N) is 1. The van der Waals surface area contributed by atoms with Crippen molar-refractivity contribution in [1.82, 2.24) is 4.90 Å². The number of alkyl halides is 3. The molecule has 0 aliphatic heterocycles. The van der Waals surface area contributed by atoms with Crippen molar-refractivity contribution >= 4 is 0 Å². The van der Waals surface area contributed by atoms with Gasteiger partial charge in [-0.15, -0.1) is 6.58 Å². The minimum Gasteiger partial charge on any atom is -0.285 e. The molecule has 0 saturated heterocycles. The highest BCUT2D eigenvalue weighted by molar-refractivity contribution is 5.41. The minimum absolute atomic E-state index is 0.151. The lowest BCUT2D eigenvalue weighted by Gasteiger charge is -2.25. The van der Waals surface area contributed by atoms with E-state index in [2.05, 4.69) is 18.4 Å². The average Bonchev–Trinajstić information content (AvgIpc) is 2.56. The van der Waals surface area contributed by atoms with Crippen molar-refractivity contribution < 1.29 is 13.2 Å². The fraction of sp³-hybridized carbons (Fsp3) is 0.200. The predicted molar refractivity (Wildman–Crippen MR) is 90.3 cm³/mol. The normalized spacial score (nSPS) is 12.4. The molecule has 0 N–H and O–H groups in total. The zero-order valence-corrected chi connectivity index (χ0v) is 13.3. The maximum atomic E-state index is 13.3. The molecule has 2 aromatic carbocycles. The molecule has 2 rings (SSSR count). The number of hydrogen-bond donors (Lipinski definition) is 0. The minimum atomic E-state index is -4.42. The van der Waals surface area contributed by atoms with Crippen LogP contribution in [0.5, 0.6) is 0 Å². The fourth-order valence-corrected chi connectivity index (χ4v) is 2.40. The Balaban J connectivity index is 2.49. The van der Waals surface area contributed by atoms with E-state index in [9.17, 15) is 13.2 Å². The van der Waals surface area contributed by atoms with Crippen molar-refractivity contribution in [1.29, 1.82) is 0 Å². The van der Waals surface area contributed by atoms with E-state index in [0.29, 0.717) is 6.54 Å². The van der Waals surface area contributed by atoms with Crippen molar-refractivity contribution in [2.45, 2.75) is 12.2 Å². The third kappa shape index (κ3) is 4.50. The van der Waals surface area contributed by atoms with E-state index >= 15 is 0 Å². The van der Waals surface area contributed by atoms with Gasteiger partial charge in [-0.2, -0.15) is 13.2 Å². The Bertz CT molecular complexity index is 739. The van der Waals surface area contributed by atoms with Gasteiger partial charge in [0.05, 0.1) is 11.6 Å². The van der Waals surface area contributed by atoms with Crippen LogP contribution in [0.25, 0.3) is 0 Å². The highest BCUT2D eigenvalue weighted by Crippen LogP contribution is 2.35. The van der Waals surface area contributed by atoms with E-state index in [4.69, 9.17) is 0 Å². The summed E-state index contributed by atoms with van der Waals surface area (Å²) < 4.78 is 40.0. The Hall–Kier alpha value is -2.51. The number of rotatable bonds is 4. The third-order valence-electron chi connectivity index (χ3n) is 3.55. The quantitative estimate of drug-likeness (QED) is 0.569. The Kier molecular flexibility index (Phi) is 5.83. The maximum Gasteiger partial charge on any atom is 0.416 e. The standard InChI is InChI=1S/C20H18F3N/c1-3-15-24(2)19(14-13-16-9-5-4-6-10-16)17-11-7-8-12-18(17)20(21,22)23/h3-12,19H,1,15H2,2H3. The highest BCUT2D eigenvalue weighted by atomic mass is 19.4. The summed E-state index contributed by atoms with van der Waals surface area (Å²) in [5, 5.41) is 0. The Labute approximate surface area is 140 Å². The monoisotopic (exact) mass is 329 g/mol. The van der Waals surface area contributed by atoms with Crippen LogP contribution in [0.3, 0.4) is 0 Å². The van der Waals surface area contributed by atoms with Crippen LogP contribution < -0.4 is 0 Å². The van der Waals surface area contributed by atoms with Crippen LogP contribution in [-0.2, 0) is 6.18 Å². The molecule has 1 unspecified atom stereocenters. The number of hydrogen-bond acceptors (Lipinski definition) is 1. The molecule has 0 bridgehead atoms. The maximum absolute atomic E-state index is 13.3. The molecule has 0 saturated carbocycles. The van der Waals surface area contributed by atoms with Gasteiger partial charge >= 0.3 is 6.18 Å². The Morgan fingerprint density at radius 1 is 1.08 bits per heavy atom. The molecule has 0 aromatic heterocycles. The zero-order chi connectivity index (χ0) is 17.6. The van der Waals surface area contributed by atoms with Crippen LogP contribution in [0.4, 0.5) is 13.2 Å². The van der Waals surface area contributed by atoms with E-state index in [1.807, 2.05) is 30.3 Å². The Morgan fingerprint density at radius 2 is 1.71 bits per heavy atom. The van der Waals surface area contributed by atoms with Crippen molar-refractivity contribution in [3.8, 4) is 11.8 Å². The van der Waals surface area contributed by atoms with Gasteiger partial charge in [-0.05, 0) is 30.8 Å². The van der Waals surface area contributed by atoms with Crippen LogP contribution >= 0.6 is 0 Å². The van der Waals surface area contributed by atoms with Gasteiger partial charge in [-0.3, -0.25) is 4.90 Å². The van der Waals surface area contributed by atoms with E-state index in [1.54, 1.807) is 24.1 Å². The molecule has 0 fully saturated rings. The lowest BCUT2D eigenvalue weighted by Crippen LogP contribution is -2.26. The molecule has 124 valence electrons. The van der Waals surface area contributed by atoms with Crippen molar-refractivity contribution in [3.63, 3.8) is 0 Å². The number of likely N-dealkylation sites (N-methyl/N-ethyl adjacent to an activating group) is 1. The van der Waals surface area contributed by atoms with Crippen molar-refractivity contribution in [2.75, 3.05) is 13.6 Å². The van der Waals surface area contributed by atoms with Gasteiger partial charge in [0.15, 0.2) is 0 Å². The second-order valence-electron chi connectivity index (χ2n) is 5.35. The van der Waals surface area contributed by atoms with Gasteiger partial charge in [-0.25, -0.2) is 0 Å². The molecule has 0 amide bonds. The molecule has 0 aliphatic carbocycles. The molecule has 24 heavy (non-hydrogen) atoms. The lowest BCUT2D eigenvalue weighted by molar-refractivity contribution is -0.138. The molecule has 0 radical (unpaired) electrons. The van der Waals surface area contributed by atoms with Crippen LogP contribution in [-0.4, -0.2) is 18.5 Å². The largest absolute Gasteiger partial charge is 0.416 e. The highest BCUT2D eigenvalue weighted by Gasteiger charge is 2.35. The molecule has 1 nitrogen and oxygen atoms in total. The van der Waals surface area contributed by atoms with Crippen molar-refractivity contribution in [2.24, 2.45) is 0 Å². The summed E-state index contributed by atoms with van der Waals surface area (Å²) in [5.41, 5.74) is 0.255. The third-order valence-corrected chi connectivity index (χ3v) is 3.55. The first-order valence-corrected chi connectivity index (χ1v) is 7.47. The fourth-order valence-electron chi connectivity index (χ4n) is 2.40. The van der Waals surface area contributed by atoms with Gasteiger partial charge in [0.2, 0.25) is 0 Å². The summed E-state index contributed by atoms with van der Waals surface area (Å²) in [6.07, 6.45) is -2.77. The SMILES string of the molecule is C=CCN(C)C(C#Cc1ccccc1)c1ccccc1C(F)(F)F. The lowest BCUT2D eigenvalue weighted by atomic mass is 9.98. The van der Waals surface area contributed by atoms with E-state index < -0.39 is 17.8 Å². The molecule has 1 atom stereocenters. The molecule has 0 spiro atoms. The summed E-state index contributed by atoms with van der Waals surface area (Å²) in [6, 6.07) is 14.1. The van der Waals surface area contributed by atoms with Gasteiger partial charge in [0, 0.05) is 12.1 Å². The van der Waals surface area contributed by atoms with Gasteiger partial charge in [-0.1, -0.05) is 54.3 Å². The summed E-state index contributed by atoms with van der Waals surface area (Å²) in [7, 11) is 1.74. The smallest absolute Gasteiger partial charge is 0.285 e. The first-order chi connectivity index (χ1) is 11.4. The van der Waals surface area contributed by atoms with Gasteiger partial charge < -0.3 is 0 Å². The van der Waals surface area contributed by atoms with Crippen LogP contribution in [0.15, 0.2) is 67.3 Å². The molecular weight excluding hydrogens is 311 g/mol. The molecular formula is C20H18F3N. The van der Waals surface area contributed by atoms with Crippen molar-refractivity contribution in [3.05, 3.63) is 83.9 Å². The van der Waals surface area contributed by atoms with Crippen LogP contribution in [0.1, 0.15) is 22.7 Å². The summed E-state index contributed by atoms with van der Waals surface area (Å²) in [6.45, 7) is 4.09. The molecule has 4 heteroatoms. The van der Waals surface area contributed by atoms with Crippen LogP contribution in [0, 0.1) is 11.8 Å².